The van der Waals surface area contributed by atoms with E-state index in [1.165, 1.54) is 0 Å². The second kappa shape index (κ2) is 6.02. The van der Waals surface area contributed by atoms with Crippen LogP contribution in [0.5, 0.6) is 0 Å². The summed E-state index contributed by atoms with van der Waals surface area (Å²) in [5.41, 5.74) is 5.19. The van der Waals surface area contributed by atoms with Crippen LogP contribution in [0.1, 0.15) is 13.8 Å². The largest absolute Gasteiger partial charge is 0.394 e. The molecular weight excluding hydrogens is 231 g/mol. The van der Waals surface area contributed by atoms with Gasteiger partial charge in [0.2, 0.25) is 0 Å². The summed E-state index contributed by atoms with van der Waals surface area (Å²) in [6, 6.07) is 0.463. The maximum absolute atomic E-state index is 12.6. The van der Waals surface area contributed by atoms with Gasteiger partial charge < -0.3 is 10.6 Å². The summed E-state index contributed by atoms with van der Waals surface area (Å²) in [6.07, 6.45) is -4.18. The predicted octanol–water partition coefficient (Wildman–Crippen LogP) is 1.15. The van der Waals surface area contributed by atoms with Crippen LogP contribution in [0.3, 0.4) is 0 Å². The van der Waals surface area contributed by atoms with Crippen LogP contribution < -0.4 is 5.73 Å². The van der Waals surface area contributed by atoms with Crippen molar-refractivity contribution >= 4 is 0 Å². The Kier molecular flexibility index (Phi) is 5.22. The van der Waals surface area contributed by atoms with Gasteiger partial charge in [-0.3, -0.25) is 4.90 Å². The van der Waals surface area contributed by atoms with E-state index in [1.54, 1.807) is 0 Å². The molecule has 0 spiro atoms. The number of alkyl halides is 3. The smallest absolute Gasteiger partial charge is 0.330 e. The summed E-state index contributed by atoms with van der Waals surface area (Å²) in [5, 5.41) is 0. The molecule has 102 valence electrons. The van der Waals surface area contributed by atoms with E-state index in [4.69, 9.17) is 5.73 Å². The van der Waals surface area contributed by atoms with Gasteiger partial charge in [0, 0.05) is 45.3 Å². The van der Waals surface area contributed by atoms with Gasteiger partial charge in [-0.25, -0.2) is 0 Å². The predicted molar refractivity (Wildman–Crippen MR) is 61.7 cm³/mol. The summed E-state index contributed by atoms with van der Waals surface area (Å²) >= 11 is 0. The topological polar surface area (TPSA) is 32.5 Å². The lowest BCUT2D eigenvalue weighted by atomic mass is 10.1. The van der Waals surface area contributed by atoms with Gasteiger partial charge in [0.1, 0.15) is 0 Å². The fourth-order valence-corrected chi connectivity index (χ4v) is 2.09. The molecule has 0 aromatic carbocycles. The number of nitrogens with zero attached hydrogens (tertiary/aromatic N) is 2. The first kappa shape index (κ1) is 14.7. The van der Waals surface area contributed by atoms with Crippen molar-refractivity contribution in [2.24, 2.45) is 11.7 Å². The van der Waals surface area contributed by atoms with Crippen LogP contribution in [0.4, 0.5) is 13.2 Å². The van der Waals surface area contributed by atoms with Crippen molar-refractivity contribution in [1.82, 2.24) is 9.80 Å². The second-order valence-electron chi connectivity index (χ2n) is 4.90. The van der Waals surface area contributed by atoms with Gasteiger partial charge in [0.05, 0.1) is 5.92 Å². The maximum atomic E-state index is 12.6. The summed E-state index contributed by atoms with van der Waals surface area (Å²) in [6.45, 7) is 7.00. The van der Waals surface area contributed by atoms with Crippen molar-refractivity contribution < 1.29 is 13.2 Å². The zero-order valence-electron chi connectivity index (χ0n) is 10.5. The Hall–Kier alpha value is -0.330. The molecule has 0 saturated carbocycles. The number of rotatable bonds is 4. The van der Waals surface area contributed by atoms with Crippen molar-refractivity contribution in [3.63, 3.8) is 0 Å². The highest BCUT2D eigenvalue weighted by Crippen LogP contribution is 2.26. The maximum Gasteiger partial charge on any atom is 0.394 e. The first-order valence-corrected chi connectivity index (χ1v) is 6.07. The van der Waals surface area contributed by atoms with E-state index in [9.17, 15) is 13.2 Å². The van der Waals surface area contributed by atoms with Gasteiger partial charge in [-0.2, -0.15) is 13.2 Å². The van der Waals surface area contributed by atoms with Crippen LogP contribution >= 0.6 is 0 Å². The van der Waals surface area contributed by atoms with Gasteiger partial charge in [0.15, 0.2) is 0 Å². The molecule has 1 atom stereocenters. The molecule has 6 heteroatoms. The van der Waals surface area contributed by atoms with Crippen LogP contribution in [0.2, 0.25) is 0 Å². The number of piperazine rings is 1. The number of hydrogen-bond donors (Lipinski definition) is 1. The second-order valence-corrected chi connectivity index (χ2v) is 4.90. The Morgan fingerprint density at radius 1 is 1.12 bits per heavy atom. The third-order valence-corrected chi connectivity index (χ3v) is 3.36. The average molecular weight is 253 g/mol. The molecule has 1 aliphatic heterocycles. The van der Waals surface area contributed by atoms with Crippen LogP contribution in [0.25, 0.3) is 0 Å². The molecule has 1 unspecified atom stereocenters. The van der Waals surface area contributed by atoms with Crippen molar-refractivity contribution in [3.8, 4) is 0 Å². The van der Waals surface area contributed by atoms with Gasteiger partial charge in [0.25, 0.3) is 0 Å². The third-order valence-electron chi connectivity index (χ3n) is 3.36. The Labute approximate surface area is 101 Å². The molecule has 2 N–H and O–H groups in total. The van der Waals surface area contributed by atoms with E-state index in [1.807, 2.05) is 4.90 Å². The first-order chi connectivity index (χ1) is 7.84. The number of halogens is 3. The zero-order valence-corrected chi connectivity index (χ0v) is 10.5. The van der Waals surface area contributed by atoms with Gasteiger partial charge in [-0.1, -0.05) is 0 Å². The SMILES string of the molecule is CC(C)N1CCN(CC(CN)C(F)(F)F)CC1. The first-order valence-electron chi connectivity index (χ1n) is 6.07. The highest BCUT2D eigenvalue weighted by molar-refractivity contribution is 4.79. The summed E-state index contributed by atoms with van der Waals surface area (Å²) in [7, 11) is 0. The lowest BCUT2D eigenvalue weighted by molar-refractivity contribution is -0.177. The van der Waals surface area contributed by atoms with E-state index in [0.29, 0.717) is 19.1 Å². The molecular formula is C11H22F3N3. The quantitative estimate of drug-likeness (QED) is 0.816. The fourth-order valence-electron chi connectivity index (χ4n) is 2.09. The van der Waals surface area contributed by atoms with Gasteiger partial charge >= 0.3 is 6.18 Å². The molecule has 1 aliphatic rings. The summed E-state index contributed by atoms with van der Waals surface area (Å²) in [5.74, 6) is -1.40. The standard InChI is InChI=1S/C11H22F3N3/c1-9(2)17-5-3-16(4-6-17)8-10(7-15)11(12,13)14/h9-10H,3-8,15H2,1-2H3. The van der Waals surface area contributed by atoms with E-state index >= 15 is 0 Å². The highest BCUT2D eigenvalue weighted by atomic mass is 19.4. The molecule has 0 aliphatic carbocycles. The van der Waals surface area contributed by atoms with Crippen molar-refractivity contribution in [3.05, 3.63) is 0 Å². The Morgan fingerprint density at radius 2 is 1.65 bits per heavy atom. The van der Waals surface area contributed by atoms with Crippen molar-refractivity contribution in [1.29, 1.82) is 0 Å². The summed E-state index contributed by atoms with van der Waals surface area (Å²) < 4.78 is 37.7. The van der Waals surface area contributed by atoms with Crippen LogP contribution in [0.15, 0.2) is 0 Å². The highest BCUT2D eigenvalue weighted by Gasteiger charge is 2.39. The molecule has 0 radical (unpaired) electrons. The monoisotopic (exact) mass is 253 g/mol. The Bertz CT molecular complexity index is 222. The van der Waals surface area contributed by atoms with E-state index in [2.05, 4.69) is 18.7 Å². The van der Waals surface area contributed by atoms with Gasteiger partial charge in [-0.15, -0.1) is 0 Å². The lowest BCUT2D eigenvalue weighted by Crippen LogP contribution is -2.51. The summed E-state index contributed by atoms with van der Waals surface area (Å²) in [4.78, 5) is 4.14. The molecule has 1 fully saturated rings. The van der Waals surface area contributed by atoms with Crippen molar-refractivity contribution in [2.45, 2.75) is 26.1 Å². The van der Waals surface area contributed by atoms with Crippen LogP contribution in [-0.2, 0) is 0 Å². The minimum absolute atomic E-state index is 0.0337. The minimum Gasteiger partial charge on any atom is -0.330 e. The van der Waals surface area contributed by atoms with Gasteiger partial charge in [-0.05, 0) is 13.8 Å². The average Bonchev–Trinajstić information content (AvgIpc) is 2.24. The molecule has 17 heavy (non-hydrogen) atoms. The molecule has 0 bridgehead atoms. The lowest BCUT2D eigenvalue weighted by Gasteiger charge is -2.38. The Morgan fingerprint density at radius 3 is 2.00 bits per heavy atom. The fraction of sp³-hybridized carbons (Fsp3) is 1.00. The van der Waals surface area contributed by atoms with E-state index in [-0.39, 0.29) is 13.1 Å². The number of nitrogens with two attached hydrogens (primary N) is 1. The van der Waals surface area contributed by atoms with Crippen LogP contribution in [-0.4, -0.2) is 61.3 Å². The molecule has 1 rings (SSSR count). The zero-order chi connectivity index (χ0) is 13.1. The molecule has 0 aromatic heterocycles. The van der Waals surface area contributed by atoms with E-state index < -0.39 is 12.1 Å². The van der Waals surface area contributed by atoms with Crippen molar-refractivity contribution in [2.75, 3.05) is 39.3 Å². The third kappa shape index (κ3) is 4.44. The number of hydrogen-bond acceptors (Lipinski definition) is 3. The molecule has 3 nitrogen and oxygen atoms in total. The molecule has 0 amide bonds. The molecule has 1 saturated heterocycles. The Balaban J connectivity index is 2.39. The normalized spacial score (nSPS) is 22.1. The molecule has 1 heterocycles. The van der Waals surface area contributed by atoms with Crippen LogP contribution in [0, 0.1) is 5.92 Å². The van der Waals surface area contributed by atoms with E-state index in [0.717, 1.165) is 13.1 Å². The molecule has 0 aromatic rings. The minimum atomic E-state index is -4.18.